The summed E-state index contributed by atoms with van der Waals surface area (Å²) in [6.07, 6.45) is 2.16. The van der Waals surface area contributed by atoms with Gasteiger partial charge in [-0.2, -0.15) is 4.98 Å². The third-order valence-corrected chi connectivity index (χ3v) is 3.81. The van der Waals surface area contributed by atoms with Gasteiger partial charge in [0.05, 0.1) is 19.9 Å². The number of aryl methyl sites for hydroxylation is 1. The lowest BCUT2D eigenvalue weighted by molar-refractivity contribution is 0.395. The van der Waals surface area contributed by atoms with E-state index in [1.165, 1.54) is 0 Å². The van der Waals surface area contributed by atoms with Crippen molar-refractivity contribution in [2.45, 2.75) is 33.6 Å². The first-order valence-electron chi connectivity index (χ1n) is 8.70. The highest BCUT2D eigenvalue weighted by Gasteiger charge is 2.11. The molecule has 6 heteroatoms. The average Bonchev–Trinajstić information content (AvgIpc) is 2.61. The topological polar surface area (TPSA) is 59.5 Å². The SMILES string of the molecule is CCCN(CCC)c1cc(C)nc(Nc2ccc(OC)cc2OC)n1. The van der Waals surface area contributed by atoms with E-state index in [1.54, 1.807) is 14.2 Å². The van der Waals surface area contributed by atoms with Gasteiger partial charge in [-0.05, 0) is 31.9 Å². The Morgan fingerprint density at radius 3 is 2.32 bits per heavy atom. The Morgan fingerprint density at radius 2 is 1.72 bits per heavy atom. The second kappa shape index (κ2) is 9.11. The number of ether oxygens (including phenoxy) is 2. The molecule has 1 aromatic carbocycles. The largest absolute Gasteiger partial charge is 0.497 e. The lowest BCUT2D eigenvalue weighted by atomic mass is 10.2. The number of benzene rings is 1. The monoisotopic (exact) mass is 344 g/mol. The minimum absolute atomic E-state index is 0.565. The maximum Gasteiger partial charge on any atom is 0.229 e. The van der Waals surface area contributed by atoms with Crippen LogP contribution >= 0.6 is 0 Å². The van der Waals surface area contributed by atoms with Crippen LogP contribution in [-0.2, 0) is 0 Å². The van der Waals surface area contributed by atoms with Gasteiger partial charge in [-0.15, -0.1) is 0 Å². The first kappa shape index (κ1) is 18.8. The molecule has 0 aliphatic rings. The van der Waals surface area contributed by atoms with Crippen molar-refractivity contribution in [3.63, 3.8) is 0 Å². The minimum atomic E-state index is 0.565. The summed E-state index contributed by atoms with van der Waals surface area (Å²) in [5, 5.41) is 3.27. The predicted octanol–water partition coefficient (Wildman–Crippen LogP) is 4.17. The Hall–Kier alpha value is -2.50. The lowest BCUT2D eigenvalue weighted by Crippen LogP contribution is -2.26. The third kappa shape index (κ3) is 4.98. The summed E-state index contributed by atoms with van der Waals surface area (Å²) in [5.74, 6) is 2.94. The third-order valence-electron chi connectivity index (χ3n) is 3.81. The molecule has 6 nitrogen and oxygen atoms in total. The van der Waals surface area contributed by atoms with Crippen molar-refractivity contribution in [3.05, 3.63) is 30.0 Å². The number of aromatic nitrogens is 2. The molecule has 0 unspecified atom stereocenters. The molecule has 2 aromatic rings. The molecule has 0 aliphatic carbocycles. The standard InChI is InChI=1S/C19H28N4O2/c1-6-10-23(11-7-2)18-12-14(3)20-19(22-18)21-16-9-8-15(24-4)13-17(16)25-5/h8-9,12-13H,6-7,10-11H2,1-5H3,(H,20,21,22). The number of hydrogen-bond acceptors (Lipinski definition) is 6. The summed E-state index contributed by atoms with van der Waals surface area (Å²) in [7, 11) is 3.26. The fourth-order valence-electron chi connectivity index (χ4n) is 2.67. The molecule has 0 radical (unpaired) electrons. The van der Waals surface area contributed by atoms with Gasteiger partial charge in [0, 0.05) is 30.9 Å². The maximum absolute atomic E-state index is 5.44. The molecule has 0 aliphatic heterocycles. The molecular formula is C19H28N4O2. The van der Waals surface area contributed by atoms with Gasteiger partial charge in [-0.1, -0.05) is 13.8 Å². The molecule has 25 heavy (non-hydrogen) atoms. The number of rotatable bonds is 9. The average molecular weight is 344 g/mol. The first-order chi connectivity index (χ1) is 12.1. The van der Waals surface area contributed by atoms with Crippen LogP contribution in [0.4, 0.5) is 17.5 Å². The fraction of sp³-hybridized carbons (Fsp3) is 0.474. The van der Waals surface area contributed by atoms with Crippen LogP contribution in [0.25, 0.3) is 0 Å². The van der Waals surface area contributed by atoms with Gasteiger partial charge >= 0.3 is 0 Å². The Kier molecular flexibility index (Phi) is 6.86. The second-order valence-electron chi connectivity index (χ2n) is 5.87. The van der Waals surface area contributed by atoms with E-state index >= 15 is 0 Å². The Bertz CT molecular complexity index is 685. The molecule has 1 N–H and O–H groups in total. The molecule has 1 heterocycles. The molecule has 1 aromatic heterocycles. The second-order valence-corrected chi connectivity index (χ2v) is 5.87. The number of anilines is 3. The highest BCUT2D eigenvalue weighted by molar-refractivity contribution is 5.65. The lowest BCUT2D eigenvalue weighted by Gasteiger charge is -2.23. The minimum Gasteiger partial charge on any atom is -0.497 e. The van der Waals surface area contributed by atoms with Crippen LogP contribution in [0.2, 0.25) is 0 Å². The van der Waals surface area contributed by atoms with Crippen molar-refractivity contribution in [2.75, 3.05) is 37.5 Å². The summed E-state index contributed by atoms with van der Waals surface area (Å²) in [6.45, 7) is 8.30. The van der Waals surface area contributed by atoms with Crippen molar-refractivity contribution in [1.82, 2.24) is 9.97 Å². The molecule has 0 amide bonds. The normalized spacial score (nSPS) is 10.4. The van der Waals surface area contributed by atoms with E-state index in [0.29, 0.717) is 11.7 Å². The zero-order valence-corrected chi connectivity index (χ0v) is 15.8. The Labute approximate surface area is 150 Å². The van der Waals surface area contributed by atoms with E-state index in [4.69, 9.17) is 14.5 Å². The number of hydrogen-bond donors (Lipinski definition) is 1. The van der Waals surface area contributed by atoms with Crippen LogP contribution in [0.15, 0.2) is 24.3 Å². The Morgan fingerprint density at radius 1 is 1.00 bits per heavy atom. The van der Waals surface area contributed by atoms with Gasteiger partial charge < -0.3 is 19.7 Å². The molecule has 0 fully saturated rings. The summed E-state index contributed by atoms with van der Waals surface area (Å²) >= 11 is 0. The first-order valence-corrected chi connectivity index (χ1v) is 8.70. The molecular weight excluding hydrogens is 316 g/mol. The van der Waals surface area contributed by atoms with Gasteiger partial charge in [0.2, 0.25) is 5.95 Å². The molecule has 0 saturated heterocycles. The van der Waals surface area contributed by atoms with E-state index in [1.807, 2.05) is 31.2 Å². The van der Waals surface area contributed by atoms with E-state index in [0.717, 1.165) is 48.9 Å². The van der Waals surface area contributed by atoms with Crippen LogP contribution in [-0.4, -0.2) is 37.3 Å². The number of nitrogens with zero attached hydrogens (tertiary/aromatic N) is 3. The van der Waals surface area contributed by atoms with Gasteiger partial charge in [0.25, 0.3) is 0 Å². The zero-order chi connectivity index (χ0) is 18.2. The summed E-state index contributed by atoms with van der Waals surface area (Å²) < 4.78 is 10.7. The zero-order valence-electron chi connectivity index (χ0n) is 15.8. The van der Waals surface area contributed by atoms with E-state index in [9.17, 15) is 0 Å². The van der Waals surface area contributed by atoms with Crippen molar-refractivity contribution in [1.29, 1.82) is 0 Å². The molecule has 0 bridgehead atoms. The van der Waals surface area contributed by atoms with Crippen LogP contribution in [0.3, 0.4) is 0 Å². The van der Waals surface area contributed by atoms with Crippen molar-refractivity contribution < 1.29 is 9.47 Å². The van der Waals surface area contributed by atoms with Crippen LogP contribution in [0.1, 0.15) is 32.4 Å². The highest BCUT2D eigenvalue weighted by atomic mass is 16.5. The predicted molar refractivity (Wildman–Crippen MR) is 102 cm³/mol. The van der Waals surface area contributed by atoms with Crippen molar-refractivity contribution in [2.24, 2.45) is 0 Å². The maximum atomic E-state index is 5.44. The van der Waals surface area contributed by atoms with Crippen molar-refractivity contribution in [3.8, 4) is 11.5 Å². The van der Waals surface area contributed by atoms with Gasteiger partial charge in [-0.3, -0.25) is 0 Å². The van der Waals surface area contributed by atoms with Gasteiger partial charge in [0.1, 0.15) is 17.3 Å². The summed E-state index contributed by atoms with van der Waals surface area (Å²) in [5.41, 5.74) is 1.73. The number of methoxy groups -OCH3 is 2. The van der Waals surface area contributed by atoms with Gasteiger partial charge in [-0.25, -0.2) is 4.98 Å². The smallest absolute Gasteiger partial charge is 0.229 e. The van der Waals surface area contributed by atoms with Gasteiger partial charge in [0.15, 0.2) is 0 Å². The van der Waals surface area contributed by atoms with E-state index in [2.05, 4.69) is 29.0 Å². The van der Waals surface area contributed by atoms with Crippen LogP contribution in [0, 0.1) is 6.92 Å². The van der Waals surface area contributed by atoms with Crippen molar-refractivity contribution >= 4 is 17.5 Å². The van der Waals surface area contributed by atoms with Crippen LogP contribution in [0.5, 0.6) is 11.5 Å². The molecule has 0 saturated carbocycles. The summed E-state index contributed by atoms with van der Waals surface area (Å²) in [6, 6.07) is 7.64. The molecule has 136 valence electrons. The number of nitrogens with one attached hydrogen (secondary N) is 1. The molecule has 2 rings (SSSR count). The highest BCUT2D eigenvalue weighted by Crippen LogP contribution is 2.31. The van der Waals surface area contributed by atoms with Crippen LogP contribution < -0.4 is 19.7 Å². The molecule has 0 spiro atoms. The molecule has 0 atom stereocenters. The fourth-order valence-corrected chi connectivity index (χ4v) is 2.67. The Balaban J connectivity index is 2.31. The quantitative estimate of drug-likeness (QED) is 0.737. The van der Waals surface area contributed by atoms with E-state index < -0.39 is 0 Å². The van der Waals surface area contributed by atoms with E-state index in [-0.39, 0.29) is 0 Å². The summed E-state index contributed by atoms with van der Waals surface area (Å²) in [4.78, 5) is 11.5.